The number of carbonyl (C=O) groups is 1. The van der Waals surface area contributed by atoms with Crippen molar-refractivity contribution in [3.05, 3.63) is 42.2 Å². The largest absolute Gasteiger partial charge is 0.476 e. The molecular formula is C11H8N6O2. The highest BCUT2D eigenvalue weighted by molar-refractivity contribution is 5.85. The van der Waals surface area contributed by atoms with Crippen molar-refractivity contribution < 1.29 is 9.90 Å². The van der Waals surface area contributed by atoms with Crippen molar-refractivity contribution in [2.45, 2.75) is 0 Å². The summed E-state index contributed by atoms with van der Waals surface area (Å²) in [5, 5.41) is 26.4. The number of aromatic amines is 1. The minimum absolute atomic E-state index is 0.00929. The molecule has 0 unspecified atom stereocenters. The van der Waals surface area contributed by atoms with Gasteiger partial charge in [-0.25, -0.2) is 9.48 Å². The van der Waals surface area contributed by atoms with Gasteiger partial charge in [0.2, 0.25) is 5.82 Å². The molecule has 0 amide bonds. The maximum Gasteiger partial charge on any atom is 0.356 e. The van der Waals surface area contributed by atoms with Crippen molar-refractivity contribution in [1.82, 2.24) is 30.4 Å². The third-order valence-electron chi connectivity index (χ3n) is 2.52. The van der Waals surface area contributed by atoms with E-state index in [2.05, 4.69) is 25.7 Å². The van der Waals surface area contributed by atoms with Crippen LogP contribution in [0.1, 0.15) is 10.5 Å². The summed E-state index contributed by atoms with van der Waals surface area (Å²) in [6.07, 6.45) is 1.58. The highest BCUT2D eigenvalue weighted by Crippen LogP contribution is 2.17. The van der Waals surface area contributed by atoms with Gasteiger partial charge in [-0.05, 0) is 23.4 Å². The molecule has 0 spiro atoms. The smallest absolute Gasteiger partial charge is 0.356 e. The molecule has 0 aliphatic rings. The van der Waals surface area contributed by atoms with E-state index in [1.807, 2.05) is 18.2 Å². The topological polar surface area (TPSA) is 110 Å². The molecule has 2 N–H and O–H groups in total. The number of nitrogens with one attached hydrogen (secondary N) is 1. The summed E-state index contributed by atoms with van der Waals surface area (Å²) in [5.41, 5.74) is 1.47. The van der Waals surface area contributed by atoms with Crippen LogP contribution in [0.5, 0.6) is 0 Å². The van der Waals surface area contributed by atoms with Crippen LogP contribution >= 0.6 is 0 Å². The van der Waals surface area contributed by atoms with E-state index in [4.69, 9.17) is 5.11 Å². The number of hydrogen-bond acceptors (Lipinski definition) is 5. The maximum absolute atomic E-state index is 10.8. The lowest BCUT2D eigenvalue weighted by molar-refractivity contribution is 0.0690. The van der Waals surface area contributed by atoms with E-state index in [1.165, 1.54) is 10.7 Å². The van der Waals surface area contributed by atoms with Gasteiger partial charge in [0.25, 0.3) is 0 Å². The monoisotopic (exact) mass is 256 g/mol. The van der Waals surface area contributed by atoms with Crippen molar-refractivity contribution in [1.29, 1.82) is 0 Å². The highest BCUT2D eigenvalue weighted by Gasteiger charge is 2.09. The Hall–Kier alpha value is -3.03. The number of tetrazole rings is 1. The average Bonchev–Trinajstić information content (AvgIpc) is 3.10. The molecule has 1 aromatic carbocycles. The Kier molecular flexibility index (Phi) is 2.53. The third-order valence-corrected chi connectivity index (χ3v) is 2.52. The predicted molar refractivity (Wildman–Crippen MR) is 63.7 cm³/mol. The van der Waals surface area contributed by atoms with Crippen LogP contribution in [0.3, 0.4) is 0 Å². The molecule has 8 heteroatoms. The van der Waals surface area contributed by atoms with Gasteiger partial charge < -0.3 is 5.11 Å². The minimum Gasteiger partial charge on any atom is -0.476 e. The van der Waals surface area contributed by atoms with E-state index in [0.29, 0.717) is 5.82 Å². The van der Waals surface area contributed by atoms with Gasteiger partial charge >= 0.3 is 5.97 Å². The summed E-state index contributed by atoms with van der Waals surface area (Å²) < 4.78 is 1.48. The molecule has 0 aliphatic heterocycles. The van der Waals surface area contributed by atoms with Crippen molar-refractivity contribution in [3.8, 4) is 17.1 Å². The molecule has 0 radical (unpaired) electrons. The van der Waals surface area contributed by atoms with Gasteiger partial charge in [0.1, 0.15) is 0 Å². The SMILES string of the molecule is O=C(O)c1ccn(-c2cccc(-c3nn[nH]n3)c2)n1. The normalized spacial score (nSPS) is 10.5. The minimum atomic E-state index is -1.06. The Balaban J connectivity index is 2.01. The number of hydrogen-bond donors (Lipinski definition) is 2. The molecule has 0 bridgehead atoms. The molecule has 0 saturated heterocycles. The number of carboxylic acids is 1. The van der Waals surface area contributed by atoms with Gasteiger partial charge in [-0.1, -0.05) is 12.1 Å². The first kappa shape index (κ1) is 11.1. The van der Waals surface area contributed by atoms with Crippen molar-refractivity contribution in [2.75, 3.05) is 0 Å². The zero-order valence-electron chi connectivity index (χ0n) is 9.56. The number of nitrogens with zero attached hydrogens (tertiary/aromatic N) is 5. The maximum atomic E-state index is 10.8. The fourth-order valence-corrected chi connectivity index (χ4v) is 1.65. The standard InChI is InChI=1S/C11H8N6O2/c18-11(19)9-4-5-17(14-9)8-3-1-2-7(6-8)10-12-15-16-13-10/h1-6H,(H,18,19)(H,12,13,15,16). The lowest BCUT2D eigenvalue weighted by Crippen LogP contribution is -2.01. The van der Waals surface area contributed by atoms with Crippen LogP contribution in [0.4, 0.5) is 0 Å². The fourth-order valence-electron chi connectivity index (χ4n) is 1.65. The van der Waals surface area contributed by atoms with Gasteiger partial charge in [-0.15, -0.1) is 10.2 Å². The number of H-pyrrole nitrogens is 1. The second-order valence-corrected chi connectivity index (χ2v) is 3.74. The van der Waals surface area contributed by atoms with E-state index in [9.17, 15) is 4.79 Å². The molecule has 3 aromatic rings. The highest BCUT2D eigenvalue weighted by atomic mass is 16.4. The first-order valence-electron chi connectivity index (χ1n) is 5.37. The quantitative estimate of drug-likeness (QED) is 0.715. The Morgan fingerprint density at radius 1 is 1.32 bits per heavy atom. The number of aromatic nitrogens is 6. The van der Waals surface area contributed by atoms with Crippen LogP contribution in [0, 0.1) is 0 Å². The number of carboxylic acid groups (broad SMARTS) is 1. The molecule has 8 nitrogen and oxygen atoms in total. The van der Waals surface area contributed by atoms with Crippen LogP contribution in [-0.4, -0.2) is 41.5 Å². The predicted octanol–water partition coefficient (Wildman–Crippen LogP) is 0.751. The van der Waals surface area contributed by atoms with Gasteiger partial charge in [0, 0.05) is 11.8 Å². The van der Waals surface area contributed by atoms with Crippen LogP contribution in [0.15, 0.2) is 36.5 Å². The molecule has 0 fully saturated rings. The first-order valence-corrected chi connectivity index (χ1v) is 5.37. The molecule has 19 heavy (non-hydrogen) atoms. The van der Waals surface area contributed by atoms with E-state index < -0.39 is 5.97 Å². The molecule has 2 aromatic heterocycles. The second-order valence-electron chi connectivity index (χ2n) is 3.74. The summed E-state index contributed by atoms with van der Waals surface area (Å²) in [6.45, 7) is 0. The van der Waals surface area contributed by atoms with Crippen molar-refractivity contribution in [2.24, 2.45) is 0 Å². The second kappa shape index (κ2) is 4.33. The van der Waals surface area contributed by atoms with E-state index in [0.717, 1.165) is 11.3 Å². The Morgan fingerprint density at radius 3 is 2.89 bits per heavy atom. The van der Waals surface area contributed by atoms with Crippen LogP contribution in [0.2, 0.25) is 0 Å². The lowest BCUT2D eigenvalue weighted by atomic mass is 10.2. The lowest BCUT2D eigenvalue weighted by Gasteiger charge is -2.02. The van der Waals surface area contributed by atoms with Crippen molar-refractivity contribution >= 4 is 5.97 Å². The third kappa shape index (κ3) is 2.06. The zero-order chi connectivity index (χ0) is 13.2. The number of benzene rings is 1. The Bertz CT molecular complexity index is 718. The van der Waals surface area contributed by atoms with Gasteiger partial charge in [0.05, 0.1) is 5.69 Å². The summed E-state index contributed by atoms with van der Waals surface area (Å²) in [7, 11) is 0. The molecule has 0 atom stereocenters. The Labute approximate surface area is 106 Å². The molecule has 2 heterocycles. The van der Waals surface area contributed by atoms with Crippen LogP contribution in [0.25, 0.3) is 17.1 Å². The molecule has 0 saturated carbocycles. The van der Waals surface area contributed by atoms with Crippen LogP contribution in [-0.2, 0) is 0 Å². The van der Waals surface area contributed by atoms with E-state index >= 15 is 0 Å². The summed E-state index contributed by atoms with van der Waals surface area (Å²) in [4.78, 5) is 10.8. The summed E-state index contributed by atoms with van der Waals surface area (Å²) in [5.74, 6) is -0.597. The van der Waals surface area contributed by atoms with Crippen LogP contribution < -0.4 is 0 Å². The molecule has 3 rings (SSSR count). The zero-order valence-corrected chi connectivity index (χ0v) is 9.56. The number of aromatic carboxylic acids is 1. The van der Waals surface area contributed by atoms with Gasteiger partial charge in [-0.2, -0.15) is 10.3 Å². The first-order chi connectivity index (χ1) is 9.24. The van der Waals surface area contributed by atoms with Gasteiger partial charge in [0.15, 0.2) is 5.69 Å². The summed E-state index contributed by atoms with van der Waals surface area (Å²) >= 11 is 0. The summed E-state index contributed by atoms with van der Waals surface area (Å²) in [6, 6.07) is 8.67. The van der Waals surface area contributed by atoms with Crippen molar-refractivity contribution in [3.63, 3.8) is 0 Å². The number of rotatable bonds is 3. The molecule has 94 valence electrons. The Morgan fingerprint density at radius 2 is 2.21 bits per heavy atom. The average molecular weight is 256 g/mol. The van der Waals surface area contributed by atoms with E-state index in [1.54, 1.807) is 12.3 Å². The van der Waals surface area contributed by atoms with E-state index in [-0.39, 0.29) is 5.69 Å². The molecular weight excluding hydrogens is 248 g/mol. The molecule has 0 aliphatic carbocycles. The van der Waals surface area contributed by atoms with Gasteiger partial charge in [-0.3, -0.25) is 0 Å². The fraction of sp³-hybridized carbons (Fsp3) is 0.